The van der Waals surface area contributed by atoms with Gasteiger partial charge in [-0.1, -0.05) is 57.0 Å². The topological polar surface area (TPSA) is 64.9 Å². The first kappa shape index (κ1) is 20.2. The SMILES string of the molecule is Cc1ccc(C(=O)N[C@H]2C(C)(C)[C@H](Nc3ccc(C#N)c(Cl)c3)C2(C)C)cc1. The Kier molecular flexibility index (Phi) is 5.16. The number of anilines is 1. The van der Waals surface area contributed by atoms with E-state index >= 15 is 0 Å². The standard InChI is InChI=1S/C23H26ClN3O/c1-14-6-8-15(9-7-14)19(28)27-21-22(2,3)20(23(21,4)5)26-17-11-10-16(13-25)18(24)12-17/h6-12,20-21,26H,1-5H3,(H,27,28)/t20-,21-. The molecular weight excluding hydrogens is 370 g/mol. The van der Waals surface area contributed by atoms with Gasteiger partial charge in [-0.3, -0.25) is 4.79 Å². The van der Waals surface area contributed by atoms with E-state index in [1.807, 2.05) is 37.3 Å². The van der Waals surface area contributed by atoms with Crippen molar-refractivity contribution in [2.45, 2.75) is 46.7 Å². The van der Waals surface area contributed by atoms with Gasteiger partial charge in [-0.25, -0.2) is 0 Å². The summed E-state index contributed by atoms with van der Waals surface area (Å²) in [6, 6.07) is 15.2. The Labute approximate surface area is 171 Å². The van der Waals surface area contributed by atoms with Gasteiger partial charge in [-0.05, 0) is 37.3 Å². The molecule has 0 aliphatic heterocycles. The van der Waals surface area contributed by atoms with Gasteiger partial charge in [0.1, 0.15) is 6.07 Å². The van der Waals surface area contributed by atoms with Crippen molar-refractivity contribution in [1.29, 1.82) is 5.26 Å². The van der Waals surface area contributed by atoms with Gasteiger partial charge in [-0.2, -0.15) is 5.26 Å². The second-order valence-electron chi connectivity index (χ2n) is 8.80. The highest BCUT2D eigenvalue weighted by molar-refractivity contribution is 6.32. The fourth-order valence-electron chi connectivity index (χ4n) is 4.68. The van der Waals surface area contributed by atoms with Crippen LogP contribution in [-0.4, -0.2) is 18.0 Å². The zero-order valence-corrected chi connectivity index (χ0v) is 17.7. The summed E-state index contributed by atoms with van der Waals surface area (Å²) in [6.45, 7) is 10.6. The van der Waals surface area contributed by atoms with Crippen molar-refractivity contribution in [2.75, 3.05) is 5.32 Å². The van der Waals surface area contributed by atoms with Crippen molar-refractivity contribution in [3.63, 3.8) is 0 Å². The molecule has 1 aliphatic rings. The van der Waals surface area contributed by atoms with Gasteiger partial charge >= 0.3 is 0 Å². The molecule has 0 spiro atoms. The van der Waals surface area contributed by atoms with Crippen LogP contribution in [0.5, 0.6) is 0 Å². The van der Waals surface area contributed by atoms with E-state index in [1.54, 1.807) is 12.1 Å². The molecule has 0 unspecified atom stereocenters. The molecule has 1 fully saturated rings. The van der Waals surface area contributed by atoms with Crippen molar-refractivity contribution in [3.8, 4) is 6.07 Å². The Bertz CT molecular complexity index is 925. The highest BCUT2D eigenvalue weighted by Crippen LogP contribution is 2.55. The third-order valence-electron chi connectivity index (χ3n) is 5.97. The molecule has 1 aliphatic carbocycles. The molecule has 1 saturated carbocycles. The molecule has 0 saturated heterocycles. The van der Waals surface area contributed by atoms with Gasteiger partial charge < -0.3 is 10.6 Å². The first-order valence-corrected chi connectivity index (χ1v) is 9.79. The van der Waals surface area contributed by atoms with E-state index in [-0.39, 0.29) is 28.8 Å². The Morgan fingerprint density at radius 2 is 1.64 bits per heavy atom. The second-order valence-corrected chi connectivity index (χ2v) is 9.21. The number of aryl methyl sites for hydroxylation is 1. The molecule has 0 heterocycles. The molecule has 5 heteroatoms. The molecule has 2 aromatic carbocycles. The van der Waals surface area contributed by atoms with Gasteiger partial charge in [0.2, 0.25) is 0 Å². The summed E-state index contributed by atoms with van der Waals surface area (Å²) >= 11 is 6.17. The molecule has 2 aromatic rings. The van der Waals surface area contributed by atoms with Crippen molar-refractivity contribution < 1.29 is 4.79 Å². The number of halogens is 1. The number of nitrogens with zero attached hydrogens (tertiary/aromatic N) is 1. The molecule has 0 bridgehead atoms. The lowest BCUT2D eigenvalue weighted by Gasteiger charge is -2.64. The summed E-state index contributed by atoms with van der Waals surface area (Å²) in [7, 11) is 0. The minimum Gasteiger partial charge on any atom is -0.381 e. The lowest BCUT2D eigenvalue weighted by atomic mass is 9.48. The molecule has 0 radical (unpaired) electrons. The summed E-state index contributed by atoms with van der Waals surface area (Å²) in [5.41, 5.74) is 2.81. The zero-order valence-electron chi connectivity index (χ0n) is 16.9. The van der Waals surface area contributed by atoms with E-state index in [0.29, 0.717) is 16.1 Å². The number of nitriles is 1. The highest BCUT2D eigenvalue weighted by Gasteiger charge is 2.62. The minimum atomic E-state index is -0.162. The molecule has 28 heavy (non-hydrogen) atoms. The molecule has 3 rings (SSSR count). The summed E-state index contributed by atoms with van der Waals surface area (Å²) < 4.78 is 0. The quantitative estimate of drug-likeness (QED) is 0.750. The maximum absolute atomic E-state index is 12.7. The first-order chi connectivity index (χ1) is 13.1. The van der Waals surface area contributed by atoms with E-state index in [1.165, 1.54) is 0 Å². The number of carbonyl (C=O) groups is 1. The number of amides is 1. The molecule has 1 amide bonds. The molecular formula is C23H26ClN3O. The molecule has 0 aromatic heterocycles. The largest absolute Gasteiger partial charge is 0.381 e. The summed E-state index contributed by atoms with van der Waals surface area (Å²) in [5.74, 6) is -0.0500. The Hall–Kier alpha value is -2.51. The second kappa shape index (κ2) is 7.14. The average molecular weight is 396 g/mol. The molecule has 0 atom stereocenters. The van der Waals surface area contributed by atoms with Crippen LogP contribution in [0.3, 0.4) is 0 Å². The van der Waals surface area contributed by atoms with Crippen LogP contribution in [0.1, 0.15) is 49.2 Å². The van der Waals surface area contributed by atoms with E-state index < -0.39 is 0 Å². The van der Waals surface area contributed by atoms with Crippen LogP contribution in [-0.2, 0) is 0 Å². The van der Waals surface area contributed by atoms with Gasteiger partial charge in [-0.15, -0.1) is 0 Å². The van der Waals surface area contributed by atoms with Crippen molar-refractivity contribution in [3.05, 3.63) is 64.2 Å². The van der Waals surface area contributed by atoms with Crippen LogP contribution in [0.25, 0.3) is 0 Å². The van der Waals surface area contributed by atoms with Gasteiger partial charge in [0.25, 0.3) is 5.91 Å². The maximum atomic E-state index is 12.7. The molecule has 2 N–H and O–H groups in total. The number of rotatable bonds is 4. The third-order valence-corrected chi connectivity index (χ3v) is 6.28. The van der Waals surface area contributed by atoms with Crippen LogP contribution in [0.4, 0.5) is 5.69 Å². The van der Waals surface area contributed by atoms with Crippen molar-refractivity contribution >= 4 is 23.2 Å². The van der Waals surface area contributed by atoms with E-state index in [9.17, 15) is 4.79 Å². The van der Waals surface area contributed by atoms with E-state index in [0.717, 1.165) is 11.3 Å². The van der Waals surface area contributed by atoms with Crippen LogP contribution < -0.4 is 10.6 Å². The van der Waals surface area contributed by atoms with Gasteiger partial charge in [0, 0.05) is 34.2 Å². The third kappa shape index (κ3) is 3.47. The lowest BCUT2D eigenvalue weighted by molar-refractivity contribution is -0.0554. The van der Waals surface area contributed by atoms with E-state index in [4.69, 9.17) is 16.9 Å². The Morgan fingerprint density at radius 1 is 1.04 bits per heavy atom. The maximum Gasteiger partial charge on any atom is 0.251 e. The monoisotopic (exact) mass is 395 g/mol. The van der Waals surface area contributed by atoms with Crippen LogP contribution >= 0.6 is 11.6 Å². The fraction of sp³-hybridized carbons (Fsp3) is 0.391. The normalized spacial score (nSPS) is 21.9. The Morgan fingerprint density at radius 3 is 2.18 bits per heavy atom. The highest BCUT2D eigenvalue weighted by atomic mass is 35.5. The van der Waals surface area contributed by atoms with Crippen LogP contribution in [0.15, 0.2) is 42.5 Å². The smallest absolute Gasteiger partial charge is 0.251 e. The molecule has 4 nitrogen and oxygen atoms in total. The van der Waals surface area contributed by atoms with Crippen LogP contribution in [0, 0.1) is 29.1 Å². The number of hydrogen-bond acceptors (Lipinski definition) is 3. The number of benzene rings is 2. The lowest BCUT2D eigenvalue weighted by Crippen LogP contribution is -2.75. The summed E-state index contributed by atoms with van der Waals surface area (Å²) in [6.07, 6.45) is 0. The first-order valence-electron chi connectivity index (χ1n) is 9.41. The van der Waals surface area contributed by atoms with Gasteiger partial charge in [0.05, 0.1) is 10.6 Å². The predicted octanol–water partition coefficient (Wildman–Crippen LogP) is 5.17. The van der Waals surface area contributed by atoms with Crippen molar-refractivity contribution in [1.82, 2.24) is 5.32 Å². The van der Waals surface area contributed by atoms with E-state index in [2.05, 4.69) is 44.4 Å². The van der Waals surface area contributed by atoms with Crippen LogP contribution in [0.2, 0.25) is 5.02 Å². The summed E-state index contributed by atoms with van der Waals surface area (Å²) in [5, 5.41) is 16.3. The van der Waals surface area contributed by atoms with Crippen molar-refractivity contribution in [2.24, 2.45) is 10.8 Å². The number of carbonyl (C=O) groups excluding carboxylic acids is 1. The summed E-state index contributed by atoms with van der Waals surface area (Å²) in [4.78, 5) is 12.7. The zero-order chi connectivity index (χ0) is 20.7. The fourth-order valence-corrected chi connectivity index (χ4v) is 4.90. The predicted molar refractivity (Wildman–Crippen MR) is 114 cm³/mol. The Balaban J connectivity index is 1.76. The number of hydrogen-bond donors (Lipinski definition) is 2. The minimum absolute atomic E-state index is 0.0140. The number of nitrogens with one attached hydrogen (secondary N) is 2. The molecule has 146 valence electrons. The average Bonchev–Trinajstić information content (AvgIpc) is 2.64. The van der Waals surface area contributed by atoms with Gasteiger partial charge in [0.15, 0.2) is 0 Å².